The van der Waals surface area contributed by atoms with Crippen molar-refractivity contribution in [3.63, 3.8) is 0 Å². The minimum atomic E-state index is -5.00. The van der Waals surface area contributed by atoms with Gasteiger partial charge in [-0.25, -0.2) is 0 Å². The molecule has 3 atom stereocenters. The number of piperazine rings is 1. The van der Waals surface area contributed by atoms with E-state index in [1.54, 1.807) is 35.6 Å². The van der Waals surface area contributed by atoms with Crippen molar-refractivity contribution in [2.45, 2.75) is 36.9 Å². The van der Waals surface area contributed by atoms with Crippen LogP contribution in [0, 0.1) is 0 Å². The first-order valence-electron chi connectivity index (χ1n) is 9.86. The molecule has 1 amide bonds. The molecule has 3 unspecified atom stereocenters. The van der Waals surface area contributed by atoms with Crippen LogP contribution in [0.25, 0.3) is 10.9 Å². The lowest BCUT2D eigenvalue weighted by Gasteiger charge is -2.46. The first-order valence-corrected chi connectivity index (χ1v) is 9.86. The summed E-state index contributed by atoms with van der Waals surface area (Å²) in [5, 5.41) is 2.38. The molecule has 0 radical (unpaired) electrons. The number of amides is 1. The third kappa shape index (κ3) is 5.11. The summed E-state index contributed by atoms with van der Waals surface area (Å²) in [5.41, 5.74) is 1.20. The molecule has 1 aromatic heterocycles. The molecule has 178 valence electrons. The van der Waals surface area contributed by atoms with Gasteiger partial charge in [-0.05, 0) is 30.2 Å². The summed E-state index contributed by atoms with van der Waals surface area (Å²) in [5.74, 6) is -0.875. The first kappa shape index (κ1) is 24.9. The number of carbonyl (C=O) groups is 1. The van der Waals surface area contributed by atoms with Gasteiger partial charge in [0.25, 0.3) is 5.91 Å². The van der Waals surface area contributed by atoms with Crippen LogP contribution >= 0.6 is 12.4 Å². The molecule has 33 heavy (non-hydrogen) atoms. The van der Waals surface area contributed by atoms with E-state index in [2.05, 4.69) is 4.98 Å². The van der Waals surface area contributed by atoms with Crippen LogP contribution in [-0.2, 0) is 6.42 Å². The molecule has 11 heteroatoms. The Morgan fingerprint density at radius 1 is 0.939 bits per heavy atom. The van der Waals surface area contributed by atoms with E-state index in [1.165, 1.54) is 30.5 Å². The third-order valence-corrected chi connectivity index (χ3v) is 5.68. The quantitative estimate of drug-likeness (QED) is 0.500. The van der Waals surface area contributed by atoms with Crippen molar-refractivity contribution in [2.75, 3.05) is 6.54 Å². The van der Waals surface area contributed by atoms with Gasteiger partial charge in [-0.15, -0.1) is 12.4 Å². The van der Waals surface area contributed by atoms with E-state index in [-0.39, 0.29) is 24.4 Å². The molecule has 0 bridgehead atoms. The molecule has 1 saturated heterocycles. The molecule has 2 N–H and O–H groups in total. The van der Waals surface area contributed by atoms with Crippen molar-refractivity contribution in [3.05, 3.63) is 71.9 Å². The van der Waals surface area contributed by atoms with Gasteiger partial charge in [0, 0.05) is 29.2 Å². The number of benzene rings is 2. The molecule has 0 saturated carbocycles. The van der Waals surface area contributed by atoms with Crippen molar-refractivity contribution in [1.29, 1.82) is 0 Å². The zero-order chi connectivity index (χ0) is 23.1. The molecule has 2 aromatic carbocycles. The Hall–Kier alpha value is -2.72. The number of hydrogen-bond donors (Lipinski definition) is 2. The van der Waals surface area contributed by atoms with Crippen molar-refractivity contribution < 1.29 is 31.1 Å². The maximum atomic E-state index is 14.0. The molecule has 1 aliphatic rings. The Kier molecular flexibility index (Phi) is 6.99. The van der Waals surface area contributed by atoms with Crippen LogP contribution in [0.4, 0.5) is 26.3 Å². The fourth-order valence-corrected chi connectivity index (χ4v) is 4.14. The molecule has 0 aliphatic carbocycles. The van der Waals surface area contributed by atoms with Gasteiger partial charge in [-0.3, -0.25) is 10.1 Å². The number of aromatic amines is 1. The number of hydrogen-bond acceptors (Lipinski definition) is 2. The van der Waals surface area contributed by atoms with Gasteiger partial charge in [-0.1, -0.05) is 36.4 Å². The number of aromatic nitrogens is 1. The van der Waals surface area contributed by atoms with Crippen LogP contribution < -0.4 is 5.32 Å². The van der Waals surface area contributed by atoms with E-state index in [9.17, 15) is 31.1 Å². The Labute approximate surface area is 191 Å². The summed E-state index contributed by atoms with van der Waals surface area (Å²) in [7, 11) is 0. The van der Waals surface area contributed by atoms with E-state index >= 15 is 0 Å². The fraction of sp³-hybridized carbons (Fsp3) is 0.318. The monoisotopic (exact) mass is 491 g/mol. The van der Waals surface area contributed by atoms with E-state index in [0.717, 1.165) is 0 Å². The molecule has 2 heterocycles. The summed E-state index contributed by atoms with van der Waals surface area (Å²) < 4.78 is 82.3. The summed E-state index contributed by atoms with van der Waals surface area (Å²) in [6, 6.07) is 7.67. The Morgan fingerprint density at radius 2 is 1.58 bits per heavy atom. The number of carbonyl (C=O) groups excluding carboxylic acids is 1. The zero-order valence-electron chi connectivity index (χ0n) is 17.0. The van der Waals surface area contributed by atoms with Gasteiger partial charge in [0.1, 0.15) is 12.1 Å². The average molecular weight is 492 g/mol. The molecule has 0 spiro atoms. The van der Waals surface area contributed by atoms with Crippen LogP contribution in [0.15, 0.2) is 60.8 Å². The first-order chi connectivity index (χ1) is 15.1. The molecule has 1 fully saturated rings. The SMILES string of the molecule is Cl.O=C(c1ccccc1)N1CC(C(F)(F)F)NC(C(F)(F)F)C1Cc1c[nH]c2ccccc12. The highest BCUT2D eigenvalue weighted by Crippen LogP contribution is 2.35. The van der Waals surface area contributed by atoms with Gasteiger partial charge >= 0.3 is 12.4 Å². The minimum absolute atomic E-state index is 0. The number of nitrogens with zero attached hydrogens (tertiary/aromatic N) is 1. The topological polar surface area (TPSA) is 48.1 Å². The maximum Gasteiger partial charge on any atom is 0.405 e. The number of rotatable bonds is 3. The summed E-state index contributed by atoms with van der Waals surface area (Å²) >= 11 is 0. The second-order valence-electron chi connectivity index (χ2n) is 7.73. The standard InChI is InChI=1S/C22H19F6N3O.ClH/c23-21(24,25)18-12-31(20(32)13-6-2-1-3-7-13)17(19(30-18)22(26,27)28)10-14-11-29-16-9-5-4-8-15(14)16;/h1-9,11,17-19,29-30H,10,12H2;1H. The van der Waals surface area contributed by atoms with E-state index < -0.39 is 42.9 Å². The molecule has 3 aromatic rings. The highest BCUT2D eigenvalue weighted by Gasteiger charge is 2.56. The molecule has 4 nitrogen and oxygen atoms in total. The lowest BCUT2D eigenvalue weighted by molar-refractivity contribution is -0.211. The summed E-state index contributed by atoms with van der Waals surface area (Å²) in [6.45, 7) is -0.920. The van der Waals surface area contributed by atoms with Crippen molar-refractivity contribution in [2.24, 2.45) is 0 Å². The highest BCUT2D eigenvalue weighted by atomic mass is 35.5. The Morgan fingerprint density at radius 3 is 2.21 bits per heavy atom. The van der Waals surface area contributed by atoms with Crippen molar-refractivity contribution in [1.82, 2.24) is 15.2 Å². The number of nitrogens with one attached hydrogen (secondary N) is 2. The van der Waals surface area contributed by atoms with E-state index in [1.807, 2.05) is 0 Å². The number of para-hydroxylation sites is 1. The number of halogens is 7. The van der Waals surface area contributed by atoms with Gasteiger partial charge in [0.15, 0.2) is 0 Å². The van der Waals surface area contributed by atoms with Gasteiger partial charge in [0.05, 0.1) is 6.04 Å². The maximum absolute atomic E-state index is 14.0. The predicted octanol–water partition coefficient (Wildman–Crippen LogP) is 5.11. The lowest BCUT2D eigenvalue weighted by atomic mass is 9.92. The minimum Gasteiger partial charge on any atom is -0.361 e. The predicted molar refractivity (Wildman–Crippen MR) is 113 cm³/mol. The van der Waals surface area contributed by atoms with Crippen LogP contribution in [0.3, 0.4) is 0 Å². The van der Waals surface area contributed by atoms with E-state index in [4.69, 9.17) is 0 Å². The number of H-pyrrole nitrogens is 1. The highest BCUT2D eigenvalue weighted by molar-refractivity contribution is 5.94. The Bertz CT molecular complexity index is 1100. The lowest BCUT2D eigenvalue weighted by Crippen LogP contribution is -2.71. The largest absolute Gasteiger partial charge is 0.405 e. The van der Waals surface area contributed by atoms with Crippen LogP contribution in [-0.4, -0.2) is 52.8 Å². The summed E-state index contributed by atoms with van der Waals surface area (Å²) in [4.78, 5) is 16.8. The van der Waals surface area contributed by atoms with Crippen molar-refractivity contribution in [3.8, 4) is 0 Å². The Balaban J connectivity index is 0.00000306. The number of fused-ring (bicyclic) bond motifs is 1. The average Bonchev–Trinajstić information content (AvgIpc) is 3.15. The van der Waals surface area contributed by atoms with Crippen LogP contribution in [0.2, 0.25) is 0 Å². The van der Waals surface area contributed by atoms with E-state index in [0.29, 0.717) is 21.4 Å². The van der Waals surface area contributed by atoms with Crippen LogP contribution in [0.1, 0.15) is 15.9 Å². The fourth-order valence-electron chi connectivity index (χ4n) is 4.14. The van der Waals surface area contributed by atoms with Crippen LogP contribution in [0.5, 0.6) is 0 Å². The number of alkyl halides is 6. The van der Waals surface area contributed by atoms with Crippen molar-refractivity contribution >= 4 is 29.2 Å². The van der Waals surface area contributed by atoms with Gasteiger partial charge < -0.3 is 9.88 Å². The van der Waals surface area contributed by atoms with Gasteiger partial charge in [0.2, 0.25) is 0 Å². The second kappa shape index (κ2) is 9.26. The second-order valence-corrected chi connectivity index (χ2v) is 7.73. The molecule has 1 aliphatic heterocycles. The molecular weight excluding hydrogens is 472 g/mol. The molecular formula is C22H20ClF6N3O. The van der Waals surface area contributed by atoms with Gasteiger partial charge in [-0.2, -0.15) is 26.3 Å². The summed E-state index contributed by atoms with van der Waals surface area (Å²) in [6.07, 6.45) is -8.70. The zero-order valence-corrected chi connectivity index (χ0v) is 17.8. The third-order valence-electron chi connectivity index (χ3n) is 5.68. The normalized spacial score (nSPS) is 21.6. The smallest absolute Gasteiger partial charge is 0.361 e. The molecule has 4 rings (SSSR count).